The zero-order valence-corrected chi connectivity index (χ0v) is 11.6. The van der Waals surface area contributed by atoms with Crippen molar-refractivity contribution in [2.45, 2.75) is 31.7 Å². The van der Waals surface area contributed by atoms with E-state index in [2.05, 4.69) is 10.6 Å². The number of carbonyl (C=O) groups is 1. The van der Waals surface area contributed by atoms with Gasteiger partial charge in [-0.3, -0.25) is 10.1 Å². The van der Waals surface area contributed by atoms with Gasteiger partial charge in [0.2, 0.25) is 5.91 Å². The molecule has 0 spiro atoms. The molecule has 4 unspecified atom stereocenters. The highest BCUT2D eigenvalue weighted by atomic mass is 35.5. The van der Waals surface area contributed by atoms with Gasteiger partial charge >= 0.3 is 0 Å². The highest BCUT2D eigenvalue weighted by Crippen LogP contribution is 2.47. The van der Waals surface area contributed by atoms with Crippen molar-refractivity contribution in [3.05, 3.63) is 0 Å². The first-order chi connectivity index (χ1) is 7.83. The van der Waals surface area contributed by atoms with Gasteiger partial charge in [0, 0.05) is 18.2 Å². The van der Waals surface area contributed by atoms with Crippen LogP contribution in [0.1, 0.15) is 25.7 Å². The third-order valence-electron chi connectivity index (χ3n) is 4.46. The Hall–Kier alpha value is 0.0700. The predicted molar refractivity (Wildman–Crippen MR) is 73.4 cm³/mol. The van der Waals surface area contributed by atoms with E-state index in [0.717, 1.165) is 35.9 Å². The molecular formula is C12H21ClN2OS. The van der Waals surface area contributed by atoms with Crippen molar-refractivity contribution >= 4 is 30.1 Å². The Labute approximate surface area is 113 Å². The average molecular weight is 277 g/mol. The molecule has 0 aromatic carbocycles. The van der Waals surface area contributed by atoms with Crippen molar-refractivity contribution in [1.29, 1.82) is 0 Å². The van der Waals surface area contributed by atoms with Crippen LogP contribution in [0.15, 0.2) is 0 Å². The van der Waals surface area contributed by atoms with E-state index in [1.165, 1.54) is 25.7 Å². The van der Waals surface area contributed by atoms with E-state index in [1.807, 2.05) is 11.8 Å². The molecule has 4 atom stereocenters. The van der Waals surface area contributed by atoms with Crippen molar-refractivity contribution in [1.82, 2.24) is 10.6 Å². The number of hydrogen-bond donors (Lipinski definition) is 2. The second kappa shape index (κ2) is 5.81. The second-order valence-corrected chi connectivity index (χ2v) is 6.48. The number of halogens is 1. The Bertz CT molecular complexity index is 284. The van der Waals surface area contributed by atoms with Crippen molar-refractivity contribution in [2.24, 2.45) is 17.8 Å². The molecule has 1 aliphatic heterocycles. The fourth-order valence-corrected chi connectivity index (χ4v) is 4.49. The highest BCUT2D eigenvalue weighted by molar-refractivity contribution is 7.99. The molecule has 3 rings (SSSR count). The van der Waals surface area contributed by atoms with E-state index in [0.29, 0.717) is 0 Å². The third-order valence-corrected chi connectivity index (χ3v) is 5.40. The normalized spacial score (nSPS) is 39.1. The van der Waals surface area contributed by atoms with Crippen LogP contribution in [-0.4, -0.2) is 30.1 Å². The van der Waals surface area contributed by atoms with Gasteiger partial charge in [-0.1, -0.05) is 6.42 Å². The minimum absolute atomic E-state index is 0. The Balaban J connectivity index is 0.00000108. The smallest absolute Gasteiger partial charge is 0.238 e. The van der Waals surface area contributed by atoms with E-state index >= 15 is 0 Å². The minimum atomic E-state index is 0. The van der Waals surface area contributed by atoms with Gasteiger partial charge in [-0.25, -0.2) is 0 Å². The number of amides is 1. The van der Waals surface area contributed by atoms with Crippen LogP contribution >= 0.6 is 24.2 Å². The lowest BCUT2D eigenvalue weighted by molar-refractivity contribution is -0.122. The summed E-state index contributed by atoms with van der Waals surface area (Å²) in [6.07, 6.45) is 5.63. The Kier molecular flexibility index (Phi) is 4.61. The lowest BCUT2D eigenvalue weighted by Crippen LogP contribution is -2.44. The summed E-state index contributed by atoms with van der Waals surface area (Å²) in [7, 11) is 0. The highest BCUT2D eigenvalue weighted by Gasteiger charge is 2.39. The SMILES string of the molecule is Cl.O=C(NCC1CC2CCC1C2)C1CSCN1. The summed E-state index contributed by atoms with van der Waals surface area (Å²) in [5, 5.41) is 6.35. The molecule has 1 heterocycles. The minimum Gasteiger partial charge on any atom is -0.354 e. The van der Waals surface area contributed by atoms with Crippen molar-refractivity contribution in [2.75, 3.05) is 18.2 Å². The van der Waals surface area contributed by atoms with Crippen LogP contribution in [0.25, 0.3) is 0 Å². The predicted octanol–water partition coefficient (Wildman–Crippen LogP) is 1.62. The molecule has 98 valence electrons. The summed E-state index contributed by atoms with van der Waals surface area (Å²) in [6, 6.07) is 0.0589. The van der Waals surface area contributed by atoms with Gasteiger partial charge in [-0.05, 0) is 37.0 Å². The summed E-state index contributed by atoms with van der Waals surface area (Å²) < 4.78 is 0. The molecule has 2 aliphatic carbocycles. The monoisotopic (exact) mass is 276 g/mol. The third kappa shape index (κ3) is 2.91. The van der Waals surface area contributed by atoms with E-state index in [-0.39, 0.29) is 24.4 Å². The number of fused-ring (bicyclic) bond motifs is 2. The summed E-state index contributed by atoms with van der Waals surface area (Å²) >= 11 is 1.81. The number of nitrogens with one attached hydrogen (secondary N) is 2. The van der Waals surface area contributed by atoms with E-state index in [9.17, 15) is 4.79 Å². The van der Waals surface area contributed by atoms with Gasteiger partial charge in [0.15, 0.2) is 0 Å². The zero-order valence-electron chi connectivity index (χ0n) is 9.98. The molecule has 2 saturated carbocycles. The lowest BCUT2D eigenvalue weighted by atomic mass is 9.89. The molecule has 3 nitrogen and oxygen atoms in total. The standard InChI is InChI=1S/C12H20N2OS.ClH/c15-12(11-6-16-7-14-11)13-5-10-4-8-1-2-9(10)3-8;/h8-11,14H,1-7H2,(H,13,15);1H. The Morgan fingerprint density at radius 1 is 1.35 bits per heavy atom. The maximum Gasteiger partial charge on any atom is 0.238 e. The van der Waals surface area contributed by atoms with Crippen molar-refractivity contribution in [3.8, 4) is 0 Å². The molecule has 0 radical (unpaired) electrons. The second-order valence-electron chi connectivity index (χ2n) is 5.45. The first-order valence-electron chi connectivity index (χ1n) is 6.42. The molecule has 0 aromatic rings. The van der Waals surface area contributed by atoms with Gasteiger partial charge in [-0.15, -0.1) is 24.2 Å². The van der Waals surface area contributed by atoms with E-state index < -0.39 is 0 Å². The zero-order chi connectivity index (χ0) is 11.0. The Morgan fingerprint density at radius 2 is 2.24 bits per heavy atom. The topological polar surface area (TPSA) is 41.1 Å². The van der Waals surface area contributed by atoms with Crippen LogP contribution in [0.2, 0.25) is 0 Å². The van der Waals surface area contributed by atoms with Crippen LogP contribution in [0.3, 0.4) is 0 Å². The van der Waals surface area contributed by atoms with E-state index in [1.54, 1.807) is 0 Å². The molecule has 2 bridgehead atoms. The fourth-order valence-electron chi connectivity index (χ4n) is 3.54. The molecule has 3 aliphatic rings. The van der Waals surface area contributed by atoms with Crippen LogP contribution in [-0.2, 0) is 4.79 Å². The summed E-state index contributed by atoms with van der Waals surface area (Å²) in [5.41, 5.74) is 0. The number of thioether (sulfide) groups is 1. The summed E-state index contributed by atoms with van der Waals surface area (Å²) in [5.74, 6) is 4.74. The fraction of sp³-hybridized carbons (Fsp3) is 0.917. The van der Waals surface area contributed by atoms with Gasteiger partial charge in [0.25, 0.3) is 0 Å². The maximum atomic E-state index is 11.8. The molecule has 0 aromatic heterocycles. The quantitative estimate of drug-likeness (QED) is 0.823. The molecule has 1 amide bonds. The average Bonchev–Trinajstić information content (AvgIpc) is 3.01. The Morgan fingerprint density at radius 3 is 2.82 bits per heavy atom. The summed E-state index contributed by atoms with van der Waals surface area (Å²) in [6.45, 7) is 0.919. The van der Waals surface area contributed by atoms with Crippen LogP contribution in [0.5, 0.6) is 0 Å². The summed E-state index contributed by atoms with van der Waals surface area (Å²) in [4.78, 5) is 11.8. The van der Waals surface area contributed by atoms with Crippen LogP contribution < -0.4 is 10.6 Å². The number of hydrogen-bond acceptors (Lipinski definition) is 3. The molecular weight excluding hydrogens is 256 g/mol. The molecule has 17 heavy (non-hydrogen) atoms. The van der Waals surface area contributed by atoms with Gasteiger partial charge in [0.1, 0.15) is 0 Å². The first-order valence-corrected chi connectivity index (χ1v) is 7.57. The molecule has 5 heteroatoms. The maximum absolute atomic E-state index is 11.8. The van der Waals surface area contributed by atoms with Crippen LogP contribution in [0, 0.1) is 17.8 Å². The van der Waals surface area contributed by atoms with Crippen molar-refractivity contribution in [3.63, 3.8) is 0 Å². The van der Waals surface area contributed by atoms with E-state index in [4.69, 9.17) is 0 Å². The van der Waals surface area contributed by atoms with Crippen LogP contribution in [0.4, 0.5) is 0 Å². The van der Waals surface area contributed by atoms with Gasteiger partial charge in [-0.2, -0.15) is 0 Å². The van der Waals surface area contributed by atoms with Crippen molar-refractivity contribution < 1.29 is 4.79 Å². The number of carbonyl (C=O) groups excluding carboxylic acids is 1. The molecule has 2 N–H and O–H groups in total. The van der Waals surface area contributed by atoms with Gasteiger partial charge < -0.3 is 5.32 Å². The first kappa shape index (κ1) is 13.5. The number of rotatable bonds is 3. The lowest BCUT2D eigenvalue weighted by Gasteiger charge is -2.22. The van der Waals surface area contributed by atoms with Gasteiger partial charge in [0.05, 0.1) is 6.04 Å². The molecule has 1 saturated heterocycles. The molecule has 3 fully saturated rings. The largest absolute Gasteiger partial charge is 0.354 e.